The highest BCUT2D eigenvalue weighted by Crippen LogP contribution is 2.34. The fourth-order valence-corrected chi connectivity index (χ4v) is 3.66. The van der Waals surface area contributed by atoms with Gasteiger partial charge < -0.3 is 10.1 Å². The molecule has 11 nitrogen and oxygen atoms in total. The van der Waals surface area contributed by atoms with Gasteiger partial charge in [0.25, 0.3) is 0 Å². The summed E-state index contributed by atoms with van der Waals surface area (Å²) in [4.78, 5) is 8.63. The fourth-order valence-electron chi connectivity index (χ4n) is 2.90. The van der Waals surface area contributed by atoms with Crippen molar-refractivity contribution in [3.63, 3.8) is 0 Å². The Morgan fingerprint density at radius 3 is 2.76 bits per heavy atom. The van der Waals surface area contributed by atoms with Crippen molar-refractivity contribution in [2.75, 3.05) is 19.5 Å². The third-order valence-corrected chi connectivity index (χ3v) is 5.75. The summed E-state index contributed by atoms with van der Waals surface area (Å²) in [6.45, 7) is 0. The van der Waals surface area contributed by atoms with Crippen LogP contribution in [-0.2, 0) is 17.1 Å². The summed E-state index contributed by atoms with van der Waals surface area (Å²) in [5.74, 6) is 0.901. The topological polar surface area (TPSA) is 140 Å². The minimum atomic E-state index is -3.63. The highest BCUT2D eigenvalue weighted by molar-refractivity contribution is 7.89. The third kappa shape index (κ3) is 3.39. The largest absolute Gasteiger partial charge is 0.495 e. The number of H-pyrrole nitrogens is 1. The van der Waals surface area contributed by atoms with Crippen LogP contribution in [0.2, 0.25) is 0 Å². The number of fused-ring (bicyclic) bond motifs is 1. The minimum absolute atomic E-state index is 0.0910. The number of sulfonamides is 1. The first kappa shape index (κ1) is 18.8. The molecule has 150 valence electrons. The van der Waals surface area contributed by atoms with E-state index in [-0.39, 0.29) is 4.90 Å². The molecule has 0 spiro atoms. The summed E-state index contributed by atoms with van der Waals surface area (Å²) in [7, 11) is 1.04. The van der Waals surface area contributed by atoms with Crippen molar-refractivity contribution < 1.29 is 13.2 Å². The molecule has 0 aliphatic heterocycles. The number of hydrogen-bond donors (Lipinski definition) is 3. The Morgan fingerprint density at radius 1 is 1.24 bits per heavy atom. The van der Waals surface area contributed by atoms with Gasteiger partial charge in [0.1, 0.15) is 23.6 Å². The quantitative estimate of drug-likeness (QED) is 0.430. The summed E-state index contributed by atoms with van der Waals surface area (Å²) in [6, 6.07) is 4.51. The van der Waals surface area contributed by atoms with Crippen LogP contribution in [0.15, 0.2) is 41.8 Å². The maximum absolute atomic E-state index is 12.2. The second-order valence-corrected chi connectivity index (χ2v) is 8.00. The Bertz CT molecular complexity index is 1300. The zero-order chi connectivity index (χ0) is 20.6. The molecular formula is C17H18N8O3S. The van der Waals surface area contributed by atoms with Crippen molar-refractivity contribution in [2.24, 2.45) is 7.05 Å². The highest BCUT2D eigenvalue weighted by Gasteiger charge is 2.19. The van der Waals surface area contributed by atoms with Gasteiger partial charge in [-0.05, 0) is 25.2 Å². The highest BCUT2D eigenvalue weighted by atomic mass is 32.2. The van der Waals surface area contributed by atoms with E-state index in [4.69, 9.17) is 4.74 Å². The summed E-state index contributed by atoms with van der Waals surface area (Å²) in [5.41, 5.74) is 2.37. The monoisotopic (exact) mass is 414 g/mol. The number of aryl methyl sites for hydroxylation is 1. The molecule has 1 aromatic carbocycles. The zero-order valence-corrected chi connectivity index (χ0v) is 16.6. The molecule has 0 unspecified atom stereocenters. The Kier molecular flexibility index (Phi) is 4.64. The second-order valence-electron chi connectivity index (χ2n) is 6.12. The molecule has 0 aliphatic carbocycles. The molecule has 12 heteroatoms. The van der Waals surface area contributed by atoms with Crippen molar-refractivity contribution in [1.29, 1.82) is 0 Å². The molecule has 0 atom stereocenters. The maximum atomic E-state index is 12.2. The van der Waals surface area contributed by atoms with E-state index in [1.807, 2.05) is 13.2 Å². The van der Waals surface area contributed by atoms with Gasteiger partial charge in [0, 0.05) is 18.8 Å². The van der Waals surface area contributed by atoms with E-state index in [1.54, 1.807) is 16.9 Å². The molecule has 4 rings (SSSR count). The van der Waals surface area contributed by atoms with Gasteiger partial charge in [0.2, 0.25) is 10.0 Å². The predicted octanol–water partition coefficient (Wildman–Crippen LogP) is 1.41. The number of ether oxygens (including phenoxy) is 1. The minimum Gasteiger partial charge on any atom is -0.495 e. The molecule has 4 aromatic rings. The van der Waals surface area contributed by atoms with E-state index in [0.717, 1.165) is 5.56 Å². The SMILES string of the molecule is CNS(=O)(=O)c1ccc(OC)c(Nc2ncnc3[nH]nc(-c4cnn(C)c4)c23)c1. The number of rotatable bonds is 6. The molecule has 0 radical (unpaired) electrons. The average molecular weight is 414 g/mol. The molecule has 3 heterocycles. The first-order valence-corrected chi connectivity index (χ1v) is 9.98. The zero-order valence-electron chi connectivity index (χ0n) is 15.8. The van der Waals surface area contributed by atoms with Crippen LogP contribution in [0.1, 0.15) is 0 Å². The maximum Gasteiger partial charge on any atom is 0.240 e. The molecule has 3 aromatic heterocycles. The Hall–Kier alpha value is -3.51. The van der Waals surface area contributed by atoms with E-state index in [2.05, 4.69) is 35.3 Å². The van der Waals surface area contributed by atoms with Gasteiger partial charge in [-0.25, -0.2) is 23.1 Å². The number of nitrogens with one attached hydrogen (secondary N) is 3. The van der Waals surface area contributed by atoms with Crippen LogP contribution < -0.4 is 14.8 Å². The standard InChI is InChI=1S/C17H18N8O3S/c1-18-29(26,27)11-4-5-13(28-3)12(6-11)22-16-14-15(10-7-21-25(2)8-10)23-24-17(14)20-9-19-16/h4-9,18H,1-3H3,(H2,19,20,22,23,24). The van der Waals surface area contributed by atoms with Crippen LogP contribution in [0.4, 0.5) is 11.5 Å². The molecule has 0 fully saturated rings. The number of nitrogens with zero attached hydrogens (tertiary/aromatic N) is 5. The van der Waals surface area contributed by atoms with Crippen LogP contribution in [0.3, 0.4) is 0 Å². The molecule has 0 saturated heterocycles. The first-order valence-electron chi connectivity index (χ1n) is 8.49. The lowest BCUT2D eigenvalue weighted by Crippen LogP contribution is -2.18. The van der Waals surface area contributed by atoms with E-state index in [1.165, 1.54) is 32.6 Å². The average Bonchev–Trinajstić information content (AvgIpc) is 3.34. The molecule has 3 N–H and O–H groups in total. The van der Waals surface area contributed by atoms with Gasteiger partial charge in [0.15, 0.2) is 5.65 Å². The number of aromatic nitrogens is 6. The first-order chi connectivity index (χ1) is 13.9. The molecule has 0 saturated carbocycles. The smallest absolute Gasteiger partial charge is 0.240 e. The predicted molar refractivity (Wildman–Crippen MR) is 106 cm³/mol. The summed E-state index contributed by atoms with van der Waals surface area (Å²) < 4.78 is 33.7. The van der Waals surface area contributed by atoms with Crippen LogP contribution in [-0.4, -0.2) is 52.5 Å². The lowest BCUT2D eigenvalue weighted by molar-refractivity contribution is 0.416. The van der Waals surface area contributed by atoms with Gasteiger partial charge in [-0.3, -0.25) is 9.78 Å². The van der Waals surface area contributed by atoms with Crippen molar-refractivity contribution in [1.82, 2.24) is 34.7 Å². The summed E-state index contributed by atoms with van der Waals surface area (Å²) in [5, 5.41) is 15.2. The van der Waals surface area contributed by atoms with Crippen molar-refractivity contribution in [3.8, 4) is 17.0 Å². The Morgan fingerprint density at radius 2 is 2.07 bits per heavy atom. The van der Waals surface area contributed by atoms with Crippen LogP contribution in [0.25, 0.3) is 22.3 Å². The number of methoxy groups -OCH3 is 1. The van der Waals surface area contributed by atoms with Gasteiger partial charge in [-0.15, -0.1) is 0 Å². The molecule has 29 heavy (non-hydrogen) atoms. The number of hydrogen-bond acceptors (Lipinski definition) is 8. The van der Waals surface area contributed by atoms with E-state index in [9.17, 15) is 8.42 Å². The molecular weight excluding hydrogens is 396 g/mol. The van der Waals surface area contributed by atoms with Crippen molar-refractivity contribution in [2.45, 2.75) is 4.90 Å². The van der Waals surface area contributed by atoms with Gasteiger partial charge in [0.05, 0.1) is 29.3 Å². The third-order valence-electron chi connectivity index (χ3n) is 4.34. The van der Waals surface area contributed by atoms with Crippen molar-refractivity contribution >= 4 is 32.6 Å². The number of aromatic amines is 1. The van der Waals surface area contributed by atoms with E-state index in [0.29, 0.717) is 34.0 Å². The summed E-state index contributed by atoms with van der Waals surface area (Å²) >= 11 is 0. The van der Waals surface area contributed by atoms with Gasteiger partial charge in [-0.1, -0.05) is 0 Å². The van der Waals surface area contributed by atoms with Gasteiger partial charge in [-0.2, -0.15) is 10.2 Å². The molecule has 0 bridgehead atoms. The van der Waals surface area contributed by atoms with Crippen molar-refractivity contribution in [3.05, 3.63) is 36.9 Å². The van der Waals surface area contributed by atoms with E-state index >= 15 is 0 Å². The van der Waals surface area contributed by atoms with Crippen LogP contribution >= 0.6 is 0 Å². The Balaban J connectivity index is 1.85. The lowest BCUT2D eigenvalue weighted by Gasteiger charge is -2.13. The lowest BCUT2D eigenvalue weighted by atomic mass is 10.2. The molecule has 0 amide bonds. The number of benzene rings is 1. The Labute approximate surface area is 166 Å². The normalized spacial score (nSPS) is 11.7. The van der Waals surface area contributed by atoms with Crippen LogP contribution in [0, 0.1) is 0 Å². The molecule has 0 aliphatic rings. The van der Waals surface area contributed by atoms with E-state index < -0.39 is 10.0 Å². The second kappa shape index (κ2) is 7.14. The van der Waals surface area contributed by atoms with Gasteiger partial charge >= 0.3 is 0 Å². The fraction of sp³-hybridized carbons (Fsp3) is 0.176. The number of anilines is 2. The summed E-state index contributed by atoms with van der Waals surface area (Å²) in [6.07, 6.45) is 4.90. The van der Waals surface area contributed by atoms with Crippen LogP contribution in [0.5, 0.6) is 5.75 Å².